The summed E-state index contributed by atoms with van der Waals surface area (Å²) in [5, 5.41) is 6.70. The van der Waals surface area contributed by atoms with Gasteiger partial charge in [-0.25, -0.2) is 0 Å². The monoisotopic (exact) mass is 256 g/mol. The predicted octanol–water partition coefficient (Wildman–Crippen LogP) is 0.672. The summed E-state index contributed by atoms with van der Waals surface area (Å²) >= 11 is 0. The van der Waals surface area contributed by atoms with Crippen LogP contribution in [0.15, 0.2) is 4.99 Å². The van der Waals surface area contributed by atoms with E-state index in [-0.39, 0.29) is 0 Å². The van der Waals surface area contributed by atoms with E-state index >= 15 is 0 Å². The van der Waals surface area contributed by atoms with E-state index < -0.39 is 0 Å². The van der Waals surface area contributed by atoms with Crippen LogP contribution in [0.25, 0.3) is 0 Å². The van der Waals surface area contributed by atoms with Gasteiger partial charge in [-0.3, -0.25) is 4.99 Å². The zero-order valence-corrected chi connectivity index (χ0v) is 12.0. The Morgan fingerprint density at radius 3 is 2.78 bits per heavy atom. The van der Waals surface area contributed by atoms with Crippen molar-refractivity contribution in [2.45, 2.75) is 32.2 Å². The molecule has 2 N–H and O–H groups in total. The third kappa shape index (κ3) is 7.50. The Labute approximate surface area is 111 Å². The molecule has 106 valence electrons. The van der Waals surface area contributed by atoms with E-state index in [1.807, 2.05) is 0 Å². The number of hydrogen-bond donors (Lipinski definition) is 2. The summed E-state index contributed by atoms with van der Waals surface area (Å²) in [5.74, 6) is 0.963. The predicted molar refractivity (Wildman–Crippen MR) is 76.1 cm³/mol. The van der Waals surface area contributed by atoms with Crippen molar-refractivity contribution in [2.75, 3.05) is 46.9 Å². The van der Waals surface area contributed by atoms with E-state index in [0.29, 0.717) is 6.04 Å². The van der Waals surface area contributed by atoms with Crippen LogP contribution in [0.2, 0.25) is 0 Å². The van der Waals surface area contributed by atoms with Crippen molar-refractivity contribution in [3.63, 3.8) is 0 Å². The molecule has 0 aromatic carbocycles. The number of guanidine groups is 1. The zero-order valence-electron chi connectivity index (χ0n) is 12.0. The highest BCUT2D eigenvalue weighted by molar-refractivity contribution is 5.80. The van der Waals surface area contributed by atoms with E-state index in [2.05, 4.69) is 34.5 Å². The number of methoxy groups -OCH3 is 1. The summed E-state index contributed by atoms with van der Waals surface area (Å²) in [6, 6.07) is 0.655. The first kappa shape index (κ1) is 15.2. The summed E-state index contributed by atoms with van der Waals surface area (Å²) in [6.07, 6.45) is 3.64. The van der Waals surface area contributed by atoms with Crippen molar-refractivity contribution in [1.82, 2.24) is 15.5 Å². The van der Waals surface area contributed by atoms with Crippen LogP contribution in [0.5, 0.6) is 0 Å². The number of ether oxygens (including phenoxy) is 1. The average molecular weight is 256 g/mol. The van der Waals surface area contributed by atoms with Crippen molar-refractivity contribution < 1.29 is 4.74 Å². The molecular weight excluding hydrogens is 228 g/mol. The lowest BCUT2D eigenvalue weighted by molar-refractivity contribution is 0.180. The van der Waals surface area contributed by atoms with Crippen molar-refractivity contribution in [1.29, 1.82) is 0 Å². The molecule has 0 aromatic rings. The van der Waals surface area contributed by atoms with Crippen molar-refractivity contribution >= 4 is 5.96 Å². The molecule has 0 bridgehead atoms. The Morgan fingerprint density at radius 2 is 2.17 bits per heavy atom. The highest BCUT2D eigenvalue weighted by atomic mass is 16.5. The fourth-order valence-electron chi connectivity index (χ4n) is 1.66. The highest BCUT2D eigenvalue weighted by Gasteiger charge is 2.21. The van der Waals surface area contributed by atoms with Crippen molar-refractivity contribution in [3.8, 4) is 0 Å². The molecule has 1 saturated carbocycles. The lowest BCUT2D eigenvalue weighted by atomic mass is 10.4. The molecule has 1 aliphatic carbocycles. The summed E-state index contributed by atoms with van der Waals surface area (Å²) in [5.41, 5.74) is 0. The van der Waals surface area contributed by atoms with Crippen LogP contribution in [0.1, 0.15) is 26.2 Å². The number of likely N-dealkylation sites (N-methyl/N-ethyl adjacent to an activating group) is 1. The van der Waals surface area contributed by atoms with Gasteiger partial charge in [0.1, 0.15) is 0 Å². The minimum Gasteiger partial charge on any atom is -0.385 e. The third-order valence-electron chi connectivity index (χ3n) is 2.90. The Kier molecular flexibility index (Phi) is 7.76. The maximum absolute atomic E-state index is 5.04. The Morgan fingerprint density at radius 1 is 1.39 bits per heavy atom. The van der Waals surface area contributed by atoms with Crippen LogP contribution in [-0.2, 0) is 4.74 Å². The smallest absolute Gasteiger partial charge is 0.191 e. The second kappa shape index (κ2) is 9.16. The lowest BCUT2D eigenvalue weighted by Crippen LogP contribution is -2.39. The average Bonchev–Trinajstić information content (AvgIpc) is 3.13. The molecule has 0 heterocycles. The molecule has 0 spiro atoms. The number of nitrogens with zero attached hydrogens (tertiary/aromatic N) is 2. The van der Waals surface area contributed by atoms with Gasteiger partial charge in [-0.2, -0.15) is 0 Å². The van der Waals surface area contributed by atoms with Gasteiger partial charge in [0.05, 0.1) is 6.54 Å². The van der Waals surface area contributed by atoms with Gasteiger partial charge in [-0.05, 0) is 33.2 Å². The first-order valence-electron chi connectivity index (χ1n) is 6.98. The van der Waals surface area contributed by atoms with Crippen molar-refractivity contribution in [2.24, 2.45) is 4.99 Å². The molecule has 0 radical (unpaired) electrons. The fourth-order valence-corrected chi connectivity index (χ4v) is 1.66. The normalized spacial score (nSPS) is 16.1. The summed E-state index contributed by atoms with van der Waals surface area (Å²) < 4.78 is 5.04. The van der Waals surface area contributed by atoms with E-state index in [1.54, 1.807) is 7.11 Å². The van der Waals surface area contributed by atoms with Crippen molar-refractivity contribution in [3.05, 3.63) is 0 Å². The first-order chi connectivity index (χ1) is 8.76. The van der Waals surface area contributed by atoms with Crippen LogP contribution in [0, 0.1) is 0 Å². The largest absolute Gasteiger partial charge is 0.385 e. The van der Waals surface area contributed by atoms with Crippen LogP contribution in [-0.4, -0.2) is 63.8 Å². The fraction of sp³-hybridized carbons (Fsp3) is 0.923. The summed E-state index contributed by atoms with van der Waals surface area (Å²) in [4.78, 5) is 6.88. The molecule has 0 atom stereocenters. The number of rotatable bonds is 9. The molecule has 1 aliphatic rings. The van der Waals surface area contributed by atoms with Gasteiger partial charge < -0.3 is 20.3 Å². The molecule has 1 fully saturated rings. The second-order valence-electron chi connectivity index (χ2n) is 4.83. The SMILES string of the molecule is CCNC(=NCCN(C)CCCOC)NC1CC1. The number of nitrogens with one attached hydrogen (secondary N) is 2. The molecule has 0 aromatic heterocycles. The van der Waals surface area contributed by atoms with E-state index in [9.17, 15) is 0 Å². The lowest BCUT2D eigenvalue weighted by Gasteiger charge is -2.15. The van der Waals surface area contributed by atoms with Gasteiger partial charge in [0.15, 0.2) is 5.96 Å². The molecule has 5 heteroatoms. The quantitative estimate of drug-likeness (QED) is 0.362. The molecule has 1 rings (SSSR count). The second-order valence-corrected chi connectivity index (χ2v) is 4.83. The molecule has 0 amide bonds. The zero-order chi connectivity index (χ0) is 13.2. The molecule has 5 nitrogen and oxygen atoms in total. The van der Waals surface area contributed by atoms with Gasteiger partial charge in [0.25, 0.3) is 0 Å². The van der Waals surface area contributed by atoms with Gasteiger partial charge in [-0.15, -0.1) is 0 Å². The summed E-state index contributed by atoms with van der Waals surface area (Å²) in [7, 11) is 3.88. The molecule has 0 unspecified atom stereocenters. The van der Waals surface area contributed by atoms with E-state index in [1.165, 1.54) is 12.8 Å². The molecule has 0 saturated heterocycles. The van der Waals surface area contributed by atoms with Crippen LogP contribution >= 0.6 is 0 Å². The first-order valence-corrected chi connectivity index (χ1v) is 6.98. The summed E-state index contributed by atoms with van der Waals surface area (Å²) in [6.45, 7) is 6.75. The Hall–Kier alpha value is -0.810. The van der Waals surface area contributed by atoms with E-state index in [0.717, 1.165) is 45.2 Å². The Balaban J connectivity index is 2.13. The minimum absolute atomic E-state index is 0.655. The maximum atomic E-state index is 5.04. The van der Waals surface area contributed by atoms with Crippen LogP contribution < -0.4 is 10.6 Å². The van der Waals surface area contributed by atoms with Crippen LogP contribution in [0.3, 0.4) is 0 Å². The van der Waals surface area contributed by atoms with Crippen LogP contribution in [0.4, 0.5) is 0 Å². The number of hydrogen-bond acceptors (Lipinski definition) is 3. The third-order valence-corrected chi connectivity index (χ3v) is 2.90. The van der Waals surface area contributed by atoms with Gasteiger partial charge in [-0.1, -0.05) is 0 Å². The minimum atomic E-state index is 0.655. The highest BCUT2D eigenvalue weighted by Crippen LogP contribution is 2.18. The molecule has 0 aliphatic heterocycles. The molecular formula is C13H28N4O. The van der Waals surface area contributed by atoms with E-state index in [4.69, 9.17) is 4.74 Å². The molecule has 18 heavy (non-hydrogen) atoms. The standard InChI is InChI=1S/C13H28N4O/c1-4-14-13(16-12-6-7-12)15-8-10-17(2)9-5-11-18-3/h12H,4-11H2,1-3H3,(H2,14,15,16). The number of aliphatic imine (C=N–C) groups is 1. The van der Waals surface area contributed by atoms with Gasteiger partial charge in [0.2, 0.25) is 0 Å². The van der Waals surface area contributed by atoms with Gasteiger partial charge >= 0.3 is 0 Å². The van der Waals surface area contributed by atoms with Gasteiger partial charge in [0, 0.05) is 39.4 Å². The topological polar surface area (TPSA) is 48.9 Å². The Bertz CT molecular complexity index is 241. The maximum Gasteiger partial charge on any atom is 0.191 e.